The number of aryl methyl sites for hydroxylation is 1. The van der Waals surface area contributed by atoms with E-state index in [9.17, 15) is 13.2 Å². The summed E-state index contributed by atoms with van der Waals surface area (Å²) in [7, 11) is -3.64. The first kappa shape index (κ1) is 20.0. The Morgan fingerprint density at radius 3 is 2.40 bits per heavy atom. The average molecular weight is 466 g/mol. The van der Waals surface area contributed by atoms with Crippen LogP contribution >= 0.6 is 39.1 Å². The maximum Gasteiger partial charge on any atom is 0.245 e. The molecule has 0 aliphatic rings. The van der Waals surface area contributed by atoms with Crippen LogP contribution in [0.15, 0.2) is 40.9 Å². The van der Waals surface area contributed by atoms with Crippen LogP contribution < -0.4 is 9.62 Å². The minimum Gasteiger partial charge on any atom is -0.324 e. The first-order valence-electron chi connectivity index (χ1n) is 7.06. The van der Waals surface area contributed by atoms with Gasteiger partial charge in [-0.05, 0) is 48.9 Å². The highest BCUT2D eigenvalue weighted by atomic mass is 79.9. The van der Waals surface area contributed by atoms with Gasteiger partial charge in [0.15, 0.2) is 0 Å². The first-order valence-corrected chi connectivity index (χ1v) is 10.5. The van der Waals surface area contributed by atoms with Crippen molar-refractivity contribution in [2.75, 3.05) is 22.4 Å². The van der Waals surface area contributed by atoms with Crippen molar-refractivity contribution in [2.24, 2.45) is 0 Å². The van der Waals surface area contributed by atoms with Crippen molar-refractivity contribution in [1.29, 1.82) is 0 Å². The van der Waals surface area contributed by atoms with E-state index in [-0.39, 0.29) is 6.54 Å². The summed E-state index contributed by atoms with van der Waals surface area (Å²) >= 11 is 15.1. The summed E-state index contributed by atoms with van der Waals surface area (Å²) in [6, 6.07) is 9.69. The van der Waals surface area contributed by atoms with Gasteiger partial charge in [0, 0.05) is 10.2 Å². The maximum atomic E-state index is 12.3. The Morgan fingerprint density at radius 2 is 1.84 bits per heavy atom. The minimum atomic E-state index is -3.64. The Kier molecular flexibility index (Phi) is 6.37. The van der Waals surface area contributed by atoms with Gasteiger partial charge in [-0.2, -0.15) is 0 Å². The molecule has 0 aromatic heterocycles. The lowest BCUT2D eigenvalue weighted by atomic mass is 10.2. The van der Waals surface area contributed by atoms with Gasteiger partial charge in [-0.3, -0.25) is 9.10 Å². The average Bonchev–Trinajstić information content (AvgIpc) is 2.50. The molecule has 0 fully saturated rings. The number of halogens is 3. The largest absolute Gasteiger partial charge is 0.324 e. The van der Waals surface area contributed by atoms with E-state index in [0.717, 1.165) is 20.6 Å². The molecule has 9 heteroatoms. The van der Waals surface area contributed by atoms with Crippen LogP contribution in [-0.2, 0) is 14.8 Å². The molecule has 0 unspecified atom stereocenters. The van der Waals surface area contributed by atoms with Crippen LogP contribution in [0.1, 0.15) is 5.56 Å². The van der Waals surface area contributed by atoms with Crippen molar-refractivity contribution >= 4 is 66.4 Å². The van der Waals surface area contributed by atoms with E-state index in [2.05, 4.69) is 21.2 Å². The number of amides is 1. The molecule has 0 bridgehead atoms. The summed E-state index contributed by atoms with van der Waals surface area (Å²) in [5.74, 6) is -0.496. The zero-order valence-electron chi connectivity index (χ0n) is 13.4. The number of carbonyl (C=O) groups is 1. The first-order chi connectivity index (χ1) is 11.6. The molecule has 1 amide bonds. The Morgan fingerprint density at radius 1 is 1.16 bits per heavy atom. The standard InChI is InChI=1S/C16H15BrCl2N2O3S/c1-10-7-12(4-5-13(10)17)21(25(2,23)24)9-16(22)20-11-3-6-14(18)15(19)8-11/h3-8H,9H2,1-2H3,(H,20,22). The highest BCUT2D eigenvalue weighted by molar-refractivity contribution is 9.10. The van der Waals surface area contributed by atoms with Gasteiger partial charge < -0.3 is 5.32 Å². The third kappa shape index (κ3) is 5.34. The molecular formula is C16H15BrCl2N2O3S. The number of anilines is 2. The Balaban J connectivity index is 2.23. The highest BCUT2D eigenvalue weighted by Gasteiger charge is 2.21. The van der Waals surface area contributed by atoms with E-state index < -0.39 is 15.9 Å². The predicted octanol–water partition coefficient (Wildman–Crippen LogP) is 4.47. The number of benzene rings is 2. The fraction of sp³-hybridized carbons (Fsp3) is 0.188. The second kappa shape index (κ2) is 7.95. The van der Waals surface area contributed by atoms with Gasteiger partial charge in [0.1, 0.15) is 6.54 Å². The normalized spacial score (nSPS) is 11.2. The third-order valence-corrected chi connectivity index (χ3v) is 6.09. The van der Waals surface area contributed by atoms with E-state index in [0.29, 0.717) is 21.4 Å². The van der Waals surface area contributed by atoms with Crippen LogP contribution in [0.5, 0.6) is 0 Å². The summed E-state index contributed by atoms with van der Waals surface area (Å²) < 4.78 is 26.1. The number of sulfonamides is 1. The van der Waals surface area contributed by atoms with Crippen molar-refractivity contribution in [3.63, 3.8) is 0 Å². The molecule has 2 aromatic carbocycles. The number of hydrogen-bond acceptors (Lipinski definition) is 3. The van der Waals surface area contributed by atoms with Gasteiger partial charge in [-0.25, -0.2) is 8.42 Å². The molecule has 134 valence electrons. The van der Waals surface area contributed by atoms with Crippen molar-refractivity contribution in [3.8, 4) is 0 Å². The SMILES string of the molecule is Cc1cc(N(CC(=O)Nc2ccc(Cl)c(Cl)c2)S(C)(=O)=O)ccc1Br. The second-order valence-electron chi connectivity index (χ2n) is 5.38. The molecule has 0 aliphatic carbocycles. The summed E-state index contributed by atoms with van der Waals surface area (Å²) in [4.78, 5) is 12.3. The van der Waals surface area contributed by atoms with Crippen molar-refractivity contribution in [3.05, 3.63) is 56.5 Å². The van der Waals surface area contributed by atoms with E-state index in [1.165, 1.54) is 6.07 Å². The monoisotopic (exact) mass is 464 g/mol. The van der Waals surface area contributed by atoms with Crippen molar-refractivity contribution in [2.45, 2.75) is 6.92 Å². The summed E-state index contributed by atoms with van der Waals surface area (Å²) in [6.07, 6.45) is 1.05. The number of nitrogens with one attached hydrogen (secondary N) is 1. The van der Waals surface area contributed by atoms with E-state index in [1.807, 2.05) is 6.92 Å². The van der Waals surface area contributed by atoms with E-state index in [4.69, 9.17) is 23.2 Å². The fourth-order valence-corrected chi connectivity index (χ4v) is 3.48. The molecule has 0 radical (unpaired) electrons. The highest BCUT2D eigenvalue weighted by Crippen LogP contribution is 2.26. The molecule has 5 nitrogen and oxygen atoms in total. The zero-order chi connectivity index (χ0) is 18.8. The van der Waals surface area contributed by atoms with Crippen molar-refractivity contribution in [1.82, 2.24) is 0 Å². The summed E-state index contributed by atoms with van der Waals surface area (Å²) in [5, 5.41) is 3.27. The molecule has 2 aromatic rings. The van der Waals surface area contributed by atoms with Gasteiger partial charge in [0.2, 0.25) is 15.9 Å². The number of carbonyl (C=O) groups excluding carboxylic acids is 1. The topological polar surface area (TPSA) is 66.5 Å². The van der Waals surface area contributed by atoms with Crippen LogP contribution in [0.4, 0.5) is 11.4 Å². The van der Waals surface area contributed by atoms with Gasteiger partial charge in [0.05, 0.1) is 22.0 Å². The molecule has 25 heavy (non-hydrogen) atoms. The summed E-state index contributed by atoms with van der Waals surface area (Å²) in [5.41, 5.74) is 1.70. The van der Waals surface area contributed by atoms with Gasteiger partial charge in [-0.1, -0.05) is 39.1 Å². The second-order valence-corrected chi connectivity index (χ2v) is 8.96. The smallest absolute Gasteiger partial charge is 0.245 e. The molecule has 1 N–H and O–H groups in total. The minimum absolute atomic E-state index is 0.294. The van der Waals surface area contributed by atoms with Gasteiger partial charge in [0.25, 0.3) is 0 Å². The van der Waals surface area contributed by atoms with Crippen molar-refractivity contribution < 1.29 is 13.2 Å². The van der Waals surface area contributed by atoms with Gasteiger partial charge in [-0.15, -0.1) is 0 Å². The lowest BCUT2D eigenvalue weighted by molar-refractivity contribution is -0.114. The van der Waals surface area contributed by atoms with Crippen LogP contribution in [0.3, 0.4) is 0 Å². The predicted molar refractivity (Wildman–Crippen MR) is 106 cm³/mol. The van der Waals surface area contributed by atoms with Crippen LogP contribution in [0, 0.1) is 6.92 Å². The third-order valence-electron chi connectivity index (χ3n) is 3.32. The molecule has 0 aliphatic heterocycles. The fourth-order valence-electron chi connectivity index (χ4n) is 2.09. The molecular weight excluding hydrogens is 451 g/mol. The Bertz CT molecular complexity index is 920. The molecule has 0 atom stereocenters. The quantitative estimate of drug-likeness (QED) is 0.708. The number of hydrogen-bond donors (Lipinski definition) is 1. The molecule has 0 saturated heterocycles. The van der Waals surface area contributed by atoms with E-state index in [1.54, 1.807) is 30.3 Å². The molecule has 0 spiro atoms. The van der Waals surface area contributed by atoms with E-state index >= 15 is 0 Å². The van der Waals surface area contributed by atoms with Crippen LogP contribution in [-0.4, -0.2) is 27.1 Å². The summed E-state index contributed by atoms with van der Waals surface area (Å²) in [6.45, 7) is 1.48. The Hall–Kier alpha value is -1.28. The number of rotatable bonds is 5. The lowest BCUT2D eigenvalue weighted by Gasteiger charge is -2.22. The van der Waals surface area contributed by atoms with Gasteiger partial charge >= 0.3 is 0 Å². The number of nitrogens with zero attached hydrogens (tertiary/aromatic N) is 1. The molecule has 0 heterocycles. The maximum absolute atomic E-state index is 12.3. The zero-order valence-corrected chi connectivity index (χ0v) is 17.3. The molecule has 2 rings (SSSR count). The lowest BCUT2D eigenvalue weighted by Crippen LogP contribution is -2.37. The van der Waals surface area contributed by atoms with Crippen LogP contribution in [0.25, 0.3) is 0 Å². The Labute approximate surface area is 165 Å². The van der Waals surface area contributed by atoms with Crippen LogP contribution in [0.2, 0.25) is 10.0 Å². The molecule has 0 saturated carbocycles.